The van der Waals surface area contributed by atoms with Gasteiger partial charge in [0, 0.05) is 7.05 Å². The number of esters is 1. The van der Waals surface area contributed by atoms with Gasteiger partial charge in [-0.25, -0.2) is 8.42 Å². The molecule has 1 heterocycles. The fourth-order valence-electron chi connectivity index (χ4n) is 1.80. The van der Waals surface area contributed by atoms with Crippen molar-refractivity contribution >= 4 is 38.9 Å². The zero-order chi connectivity index (χ0) is 18.8. The number of nitrogens with zero attached hydrogens (tertiary/aromatic N) is 1. The van der Waals surface area contributed by atoms with Crippen LogP contribution in [0.5, 0.6) is 5.75 Å². The van der Waals surface area contributed by atoms with Crippen LogP contribution >= 0.6 is 22.9 Å². The maximum absolute atomic E-state index is 12.9. The molecule has 0 saturated carbocycles. The highest BCUT2D eigenvalue weighted by Crippen LogP contribution is 2.36. The zero-order valence-electron chi connectivity index (χ0n) is 12.6. The predicted octanol–water partition coefficient (Wildman–Crippen LogP) is 3.65. The number of carbonyl (C=O) groups excluding carboxylic acids is 1. The van der Waals surface area contributed by atoms with Crippen LogP contribution in [0.3, 0.4) is 0 Å². The first-order valence-electron chi connectivity index (χ1n) is 6.60. The summed E-state index contributed by atoms with van der Waals surface area (Å²) in [6.45, 7) is -0.760. The molecule has 1 aromatic carbocycles. The smallest absolute Gasteiger partial charge is 0.419 e. The summed E-state index contributed by atoms with van der Waals surface area (Å²) < 4.78 is 68.6. The van der Waals surface area contributed by atoms with Crippen LogP contribution in [0.15, 0.2) is 40.6 Å². The van der Waals surface area contributed by atoms with E-state index in [-0.39, 0.29) is 8.55 Å². The Bertz CT molecular complexity index is 880. The number of para-hydroxylation sites is 1. The van der Waals surface area contributed by atoms with Crippen molar-refractivity contribution < 1.29 is 31.1 Å². The van der Waals surface area contributed by atoms with Gasteiger partial charge in [0.2, 0.25) is 0 Å². The minimum atomic E-state index is -4.71. The van der Waals surface area contributed by atoms with Gasteiger partial charge in [-0.05, 0) is 24.3 Å². The molecular weight excluding hydrogens is 403 g/mol. The quantitative estimate of drug-likeness (QED) is 0.554. The molecule has 0 saturated heterocycles. The van der Waals surface area contributed by atoms with Crippen LogP contribution in [-0.2, 0) is 21.0 Å². The van der Waals surface area contributed by atoms with Gasteiger partial charge in [-0.3, -0.25) is 4.79 Å². The van der Waals surface area contributed by atoms with E-state index < -0.39 is 40.0 Å². The third-order valence-electron chi connectivity index (χ3n) is 2.98. The van der Waals surface area contributed by atoms with Crippen LogP contribution in [0.4, 0.5) is 13.2 Å². The van der Waals surface area contributed by atoms with Gasteiger partial charge in [0.15, 0.2) is 0 Å². The Kier molecular flexibility index (Phi) is 5.77. The van der Waals surface area contributed by atoms with E-state index in [1.165, 1.54) is 18.2 Å². The molecule has 0 aliphatic carbocycles. The van der Waals surface area contributed by atoms with Crippen LogP contribution in [-0.4, -0.2) is 32.3 Å². The summed E-state index contributed by atoms with van der Waals surface area (Å²) in [5, 5.41) is 0. The summed E-state index contributed by atoms with van der Waals surface area (Å²) in [5.74, 6) is -1.84. The number of likely N-dealkylation sites (N-methyl/N-ethyl adjacent to an activating group) is 1. The molecule has 0 spiro atoms. The molecule has 11 heteroatoms. The Hall–Kier alpha value is -1.62. The second-order valence-electron chi connectivity index (χ2n) is 4.79. The van der Waals surface area contributed by atoms with Gasteiger partial charge in [0.25, 0.3) is 10.0 Å². The molecule has 0 fully saturated rings. The SMILES string of the molecule is CN(CC(=O)Oc1ccccc1C(F)(F)F)S(=O)(=O)c1ccc(Cl)s1. The number of rotatable bonds is 5. The van der Waals surface area contributed by atoms with E-state index in [0.29, 0.717) is 4.31 Å². The molecule has 0 bridgehead atoms. The first-order chi connectivity index (χ1) is 11.5. The third kappa shape index (κ3) is 4.72. The summed E-state index contributed by atoms with van der Waals surface area (Å²) in [5.41, 5.74) is -1.13. The van der Waals surface area contributed by atoms with Gasteiger partial charge in [0.05, 0.1) is 9.90 Å². The van der Waals surface area contributed by atoms with E-state index in [9.17, 15) is 26.4 Å². The minimum absolute atomic E-state index is 0.0940. The van der Waals surface area contributed by atoms with Crippen molar-refractivity contribution in [2.45, 2.75) is 10.4 Å². The van der Waals surface area contributed by atoms with E-state index in [4.69, 9.17) is 16.3 Å². The number of halogens is 4. The van der Waals surface area contributed by atoms with Crippen molar-refractivity contribution in [3.05, 3.63) is 46.3 Å². The Balaban J connectivity index is 2.13. The van der Waals surface area contributed by atoms with E-state index in [1.54, 1.807) is 0 Å². The molecule has 136 valence electrons. The minimum Gasteiger partial charge on any atom is -0.425 e. The van der Waals surface area contributed by atoms with Crippen LogP contribution in [0, 0.1) is 0 Å². The maximum Gasteiger partial charge on any atom is 0.419 e. The number of sulfonamides is 1. The Morgan fingerprint density at radius 3 is 2.44 bits per heavy atom. The molecule has 0 radical (unpaired) electrons. The summed E-state index contributed by atoms with van der Waals surface area (Å²) in [4.78, 5) is 11.9. The maximum atomic E-state index is 12.9. The lowest BCUT2D eigenvalue weighted by Crippen LogP contribution is -2.34. The molecule has 0 aliphatic heterocycles. The zero-order valence-corrected chi connectivity index (χ0v) is 15.0. The highest BCUT2D eigenvalue weighted by Gasteiger charge is 2.35. The molecule has 0 amide bonds. The van der Waals surface area contributed by atoms with Crippen molar-refractivity contribution in [1.82, 2.24) is 4.31 Å². The van der Waals surface area contributed by atoms with Crippen molar-refractivity contribution in [3.8, 4) is 5.75 Å². The van der Waals surface area contributed by atoms with Gasteiger partial charge in [-0.15, -0.1) is 11.3 Å². The highest BCUT2D eigenvalue weighted by molar-refractivity contribution is 7.91. The van der Waals surface area contributed by atoms with Crippen molar-refractivity contribution in [3.63, 3.8) is 0 Å². The van der Waals surface area contributed by atoms with Crippen LogP contribution in [0.1, 0.15) is 5.56 Å². The molecule has 0 aliphatic rings. The van der Waals surface area contributed by atoms with E-state index >= 15 is 0 Å². The second kappa shape index (κ2) is 7.32. The van der Waals surface area contributed by atoms with E-state index in [2.05, 4.69) is 0 Å². The van der Waals surface area contributed by atoms with Crippen LogP contribution < -0.4 is 4.74 Å². The van der Waals surface area contributed by atoms with E-state index in [0.717, 1.165) is 36.6 Å². The second-order valence-corrected chi connectivity index (χ2v) is 8.77. The third-order valence-corrected chi connectivity index (χ3v) is 6.48. The number of alkyl halides is 3. The first-order valence-corrected chi connectivity index (χ1v) is 9.24. The van der Waals surface area contributed by atoms with Gasteiger partial charge in [0.1, 0.15) is 16.5 Å². The molecule has 2 aromatic rings. The molecule has 0 unspecified atom stereocenters. The average Bonchev–Trinajstić information content (AvgIpc) is 2.93. The normalized spacial score (nSPS) is 12.4. The van der Waals surface area contributed by atoms with Crippen molar-refractivity contribution in [2.24, 2.45) is 0 Å². The molecule has 5 nitrogen and oxygen atoms in total. The lowest BCUT2D eigenvalue weighted by atomic mass is 10.2. The number of thiophene rings is 1. The topological polar surface area (TPSA) is 63.7 Å². The first kappa shape index (κ1) is 19.7. The van der Waals surface area contributed by atoms with Gasteiger partial charge >= 0.3 is 12.1 Å². The van der Waals surface area contributed by atoms with Gasteiger partial charge in [-0.2, -0.15) is 17.5 Å². The molecule has 0 atom stereocenters. The summed E-state index contributed by atoms with van der Waals surface area (Å²) >= 11 is 6.48. The van der Waals surface area contributed by atoms with Crippen LogP contribution in [0.2, 0.25) is 4.34 Å². The standard InChI is InChI=1S/C14H11ClF3NO4S2/c1-19(25(21,22)13-7-6-11(15)24-13)8-12(20)23-10-5-3-2-4-9(10)14(16,17)18/h2-7H,8H2,1H3. The molecule has 25 heavy (non-hydrogen) atoms. The number of hydrogen-bond acceptors (Lipinski definition) is 5. The predicted molar refractivity (Wildman–Crippen MR) is 86.2 cm³/mol. The molecule has 0 N–H and O–H groups in total. The largest absolute Gasteiger partial charge is 0.425 e. The lowest BCUT2D eigenvalue weighted by Gasteiger charge is -2.16. The Labute approximate surface area is 150 Å². The molecular formula is C14H11ClF3NO4S2. The monoisotopic (exact) mass is 413 g/mol. The van der Waals surface area contributed by atoms with Gasteiger partial charge in [-0.1, -0.05) is 23.7 Å². The number of carbonyl (C=O) groups is 1. The highest BCUT2D eigenvalue weighted by atomic mass is 35.5. The Morgan fingerprint density at radius 2 is 1.88 bits per heavy atom. The van der Waals surface area contributed by atoms with Crippen LogP contribution in [0.25, 0.3) is 0 Å². The summed E-state index contributed by atoms with van der Waals surface area (Å²) in [7, 11) is -2.89. The molecule has 1 aromatic heterocycles. The van der Waals surface area contributed by atoms with E-state index in [1.807, 2.05) is 0 Å². The van der Waals surface area contributed by atoms with Gasteiger partial charge < -0.3 is 4.74 Å². The van der Waals surface area contributed by atoms with Crippen molar-refractivity contribution in [2.75, 3.05) is 13.6 Å². The average molecular weight is 414 g/mol. The summed E-state index contributed by atoms with van der Waals surface area (Å²) in [6.07, 6.45) is -4.71. The number of benzene rings is 1. The molecule has 2 rings (SSSR count). The Morgan fingerprint density at radius 1 is 1.24 bits per heavy atom. The number of ether oxygens (including phenoxy) is 1. The summed E-state index contributed by atoms with van der Waals surface area (Å²) in [6, 6.07) is 6.81. The fraction of sp³-hybridized carbons (Fsp3) is 0.214. The van der Waals surface area contributed by atoms with Crippen molar-refractivity contribution in [1.29, 1.82) is 0 Å². The fourth-order valence-corrected chi connectivity index (χ4v) is 4.61. The lowest BCUT2D eigenvalue weighted by molar-refractivity contribution is -0.142. The number of hydrogen-bond donors (Lipinski definition) is 0.